The smallest absolute Gasteiger partial charge is 0.407 e. The van der Waals surface area contributed by atoms with Gasteiger partial charge in [0.25, 0.3) is 0 Å². The number of ether oxygens (including phenoxy) is 3. The van der Waals surface area contributed by atoms with Gasteiger partial charge in [0, 0.05) is 6.54 Å². The Labute approximate surface area is 281 Å². The van der Waals surface area contributed by atoms with Crippen molar-refractivity contribution in [2.24, 2.45) is 0 Å². The molecule has 0 aromatic heterocycles. The van der Waals surface area contributed by atoms with Gasteiger partial charge < -0.3 is 24.6 Å². The highest BCUT2D eigenvalue weighted by atomic mass is 16.6. The molecule has 0 spiro atoms. The Bertz CT molecular complexity index is 979. The highest BCUT2D eigenvalue weighted by Crippen LogP contribution is 2.34. The first-order valence-corrected chi connectivity index (χ1v) is 18.3. The lowest BCUT2D eigenvalue weighted by molar-refractivity contribution is 0.0510. The number of alkyl carbamates (subject to hydrolysis) is 1. The van der Waals surface area contributed by atoms with E-state index < -0.39 is 17.1 Å². The van der Waals surface area contributed by atoms with E-state index >= 15 is 0 Å². The maximum absolute atomic E-state index is 12.7. The molecule has 6 nitrogen and oxygen atoms in total. The number of hydrogen-bond acceptors (Lipinski definition) is 5. The molecule has 1 amide bonds. The fourth-order valence-electron chi connectivity index (χ4n) is 5.74. The summed E-state index contributed by atoms with van der Waals surface area (Å²) in [7, 11) is 0. The fourth-order valence-corrected chi connectivity index (χ4v) is 5.74. The van der Waals surface area contributed by atoms with E-state index in [9.17, 15) is 9.90 Å². The summed E-state index contributed by atoms with van der Waals surface area (Å²) in [6.45, 7) is 11.4. The number of carbonyl (C=O) groups is 1. The average molecular weight is 640 g/mol. The van der Waals surface area contributed by atoms with Crippen LogP contribution >= 0.6 is 0 Å². The maximum Gasteiger partial charge on any atom is 0.407 e. The van der Waals surface area contributed by atoms with Crippen LogP contribution in [0.2, 0.25) is 0 Å². The largest absolute Gasteiger partial charge is 0.494 e. The number of hydrogen-bond donors (Lipinski definition) is 2. The summed E-state index contributed by atoms with van der Waals surface area (Å²) in [5.41, 5.74) is 0.286. The third-order valence-electron chi connectivity index (χ3n) is 8.55. The minimum Gasteiger partial charge on any atom is -0.494 e. The van der Waals surface area contributed by atoms with Gasteiger partial charge in [0.05, 0.1) is 25.2 Å². The van der Waals surface area contributed by atoms with Gasteiger partial charge in [-0.3, -0.25) is 0 Å². The van der Waals surface area contributed by atoms with Crippen LogP contribution in [0.4, 0.5) is 4.79 Å². The van der Waals surface area contributed by atoms with Crippen molar-refractivity contribution in [1.29, 1.82) is 0 Å². The summed E-state index contributed by atoms with van der Waals surface area (Å²) in [4.78, 5) is 12.7. The zero-order valence-corrected chi connectivity index (χ0v) is 29.8. The van der Waals surface area contributed by atoms with Crippen LogP contribution in [0, 0.1) is 0 Å². The van der Waals surface area contributed by atoms with Gasteiger partial charge in [-0.25, -0.2) is 4.79 Å². The predicted octanol–water partition coefficient (Wildman–Crippen LogP) is 10.5. The Balaban J connectivity index is 2.01. The molecule has 0 fully saturated rings. The van der Waals surface area contributed by atoms with Crippen LogP contribution in [0.1, 0.15) is 148 Å². The van der Waals surface area contributed by atoms with E-state index in [0.717, 1.165) is 35.5 Å². The molecule has 0 aliphatic rings. The van der Waals surface area contributed by atoms with E-state index in [0.29, 0.717) is 13.2 Å². The van der Waals surface area contributed by atoms with Gasteiger partial charge in [-0.15, -0.1) is 0 Å². The molecule has 46 heavy (non-hydrogen) atoms. The van der Waals surface area contributed by atoms with E-state index in [-0.39, 0.29) is 13.2 Å². The van der Waals surface area contributed by atoms with Crippen LogP contribution in [-0.2, 0) is 10.2 Å². The topological polar surface area (TPSA) is 77.0 Å². The molecule has 0 aliphatic carbocycles. The van der Waals surface area contributed by atoms with Crippen LogP contribution < -0.4 is 14.8 Å². The number of benzene rings is 2. The van der Waals surface area contributed by atoms with Gasteiger partial charge in [0.2, 0.25) is 0 Å². The van der Waals surface area contributed by atoms with Crippen molar-refractivity contribution in [3.63, 3.8) is 0 Å². The van der Waals surface area contributed by atoms with E-state index in [2.05, 4.69) is 19.2 Å². The van der Waals surface area contributed by atoms with Gasteiger partial charge in [0.15, 0.2) is 0 Å². The average Bonchev–Trinajstić information content (AvgIpc) is 3.04. The first-order valence-electron chi connectivity index (χ1n) is 18.3. The number of aliphatic hydroxyl groups is 1. The second-order valence-corrected chi connectivity index (χ2v) is 13.8. The minimum absolute atomic E-state index is 0.176. The normalized spacial score (nSPS) is 11.8. The molecular formula is C40H65NO5. The highest BCUT2D eigenvalue weighted by Gasteiger charge is 2.35. The number of amides is 1. The molecule has 260 valence electrons. The van der Waals surface area contributed by atoms with Gasteiger partial charge in [-0.05, 0) is 69.0 Å². The third-order valence-corrected chi connectivity index (χ3v) is 8.55. The summed E-state index contributed by atoms with van der Waals surface area (Å²) in [6.07, 6.45) is 19.7. The summed E-state index contributed by atoms with van der Waals surface area (Å²) in [5, 5.41) is 13.8. The summed E-state index contributed by atoms with van der Waals surface area (Å²) < 4.78 is 17.6. The second-order valence-electron chi connectivity index (χ2n) is 13.8. The predicted molar refractivity (Wildman–Crippen MR) is 191 cm³/mol. The minimum atomic E-state index is -0.872. The first kappa shape index (κ1) is 39.4. The molecule has 2 aromatic rings. The van der Waals surface area contributed by atoms with Crippen LogP contribution in [-0.4, -0.2) is 43.2 Å². The molecule has 0 atom stereocenters. The lowest BCUT2D eigenvalue weighted by atomic mass is 9.75. The van der Waals surface area contributed by atoms with Crippen LogP contribution in [0.15, 0.2) is 48.5 Å². The molecule has 0 radical (unpaired) electrons. The van der Waals surface area contributed by atoms with Crippen LogP contribution in [0.3, 0.4) is 0 Å². The van der Waals surface area contributed by atoms with E-state index in [1.807, 2.05) is 69.3 Å². The van der Waals surface area contributed by atoms with E-state index in [4.69, 9.17) is 14.2 Å². The van der Waals surface area contributed by atoms with Crippen molar-refractivity contribution in [1.82, 2.24) is 5.32 Å². The number of carbonyl (C=O) groups excluding carboxylic acids is 1. The Morgan fingerprint density at radius 3 is 1.33 bits per heavy atom. The monoisotopic (exact) mass is 639 g/mol. The van der Waals surface area contributed by atoms with Crippen molar-refractivity contribution in [2.75, 3.05) is 26.4 Å². The number of nitrogens with one attached hydrogen (secondary N) is 1. The second kappa shape index (κ2) is 22.7. The van der Waals surface area contributed by atoms with Crippen molar-refractivity contribution in [3.8, 4) is 11.5 Å². The lowest BCUT2D eigenvalue weighted by Crippen LogP contribution is -2.45. The highest BCUT2D eigenvalue weighted by molar-refractivity contribution is 5.68. The fraction of sp³-hybridized carbons (Fsp3) is 0.675. The maximum atomic E-state index is 12.7. The van der Waals surface area contributed by atoms with Crippen LogP contribution in [0.5, 0.6) is 11.5 Å². The Hall–Kier alpha value is -2.73. The number of aliphatic hydroxyl groups excluding tert-OH is 1. The number of unbranched alkanes of at least 4 members (excludes halogenated alkanes) is 14. The van der Waals surface area contributed by atoms with Crippen molar-refractivity contribution in [2.45, 2.75) is 148 Å². The molecule has 2 aromatic carbocycles. The lowest BCUT2D eigenvalue weighted by Gasteiger charge is -2.34. The molecule has 6 heteroatoms. The summed E-state index contributed by atoms with van der Waals surface area (Å²) in [6, 6.07) is 15.8. The zero-order valence-electron chi connectivity index (χ0n) is 29.8. The van der Waals surface area contributed by atoms with Gasteiger partial charge >= 0.3 is 6.09 Å². The Kier molecular flexibility index (Phi) is 19.5. The number of rotatable bonds is 25. The van der Waals surface area contributed by atoms with Crippen molar-refractivity contribution >= 4 is 6.09 Å². The third kappa shape index (κ3) is 15.7. The molecule has 0 saturated carbocycles. The van der Waals surface area contributed by atoms with Gasteiger partial charge in [-0.1, -0.05) is 128 Å². The van der Waals surface area contributed by atoms with Crippen LogP contribution in [0.25, 0.3) is 0 Å². The molecular weight excluding hydrogens is 574 g/mol. The molecule has 0 aliphatic heterocycles. The standard InChI is InChI=1S/C40H65NO5/c1-6-8-10-12-14-16-18-20-30-44-36-26-22-34(23-27-36)40(33-42,32-41-38(43)46-39(3,4)5)35-24-28-37(29-25-35)45-31-21-19-17-15-13-11-9-7-2/h22-29,42H,6-21,30-33H2,1-5H3,(H,41,43). The molecule has 0 heterocycles. The van der Waals surface area contributed by atoms with E-state index in [1.165, 1.54) is 89.9 Å². The molecule has 2 N–H and O–H groups in total. The Morgan fingerprint density at radius 2 is 0.978 bits per heavy atom. The summed E-state index contributed by atoms with van der Waals surface area (Å²) >= 11 is 0. The SMILES string of the molecule is CCCCCCCCCCOc1ccc(C(CO)(CNC(=O)OC(C)(C)C)c2ccc(OCCCCCCCCCC)cc2)cc1. The van der Waals surface area contributed by atoms with Crippen molar-refractivity contribution in [3.05, 3.63) is 59.7 Å². The quantitative estimate of drug-likeness (QED) is 0.106. The first-order chi connectivity index (χ1) is 22.2. The molecule has 0 saturated heterocycles. The Morgan fingerprint density at radius 1 is 0.609 bits per heavy atom. The molecule has 0 bridgehead atoms. The van der Waals surface area contributed by atoms with E-state index in [1.54, 1.807) is 0 Å². The summed E-state index contributed by atoms with van der Waals surface area (Å²) in [5.74, 6) is 1.62. The zero-order chi connectivity index (χ0) is 33.5. The van der Waals surface area contributed by atoms with Gasteiger partial charge in [0.1, 0.15) is 17.1 Å². The molecule has 0 unspecified atom stereocenters. The molecule has 2 rings (SSSR count). The van der Waals surface area contributed by atoms with Gasteiger partial charge in [-0.2, -0.15) is 0 Å². The van der Waals surface area contributed by atoms with Crippen molar-refractivity contribution < 1.29 is 24.1 Å².